The summed E-state index contributed by atoms with van der Waals surface area (Å²) in [5, 5.41) is 10.8. The highest BCUT2D eigenvalue weighted by Gasteiger charge is 2.08. The molecular weight excluding hydrogens is 288 g/mol. The van der Waals surface area contributed by atoms with Gasteiger partial charge in [0.15, 0.2) is 0 Å². The number of aryl methyl sites for hydroxylation is 1. The number of nitrogens with zero attached hydrogens (tertiary/aromatic N) is 2. The molecule has 0 aliphatic carbocycles. The second kappa shape index (κ2) is 6.64. The Morgan fingerprint density at radius 2 is 1.91 bits per heavy atom. The summed E-state index contributed by atoms with van der Waals surface area (Å²) in [7, 11) is 0. The van der Waals surface area contributed by atoms with E-state index >= 15 is 0 Å². The molecule has 0 fully saturated rings. The van der Waals surface area contributed by atoms with Crippen LogP contribution in [0.25, 0.3) is 22.0 Å². The van der Waals surface area contributed by atoms with E-state index in [1.807, 2.05) is 6.07 Å². The molecule has 0 spiro atoms. The molecule has 0 aliphatic rings. The van der Waals surface area contributed by atoms with E-state index in [2.05, 4.69) is 61.5 Å². The lowest BCUT2D eigenvalue weighted by molar-refractivity contribution is 1.17. The molecule has 0 bridgehead atoms. The summed E-state index contributed by atoms with van der Waals surface area (Å²) in [6, 6.07) is 21.1. The Kier molecular flexibility index (Phi) is 4.41. The molecule has 2 nitrogen and oxygen atoms in total. The number of hydrogen-bond donors (Lipinski definition) is 0. The van der Waals surface area contributed by atoms with Crippen molar-refractivity contribution in [3.63, 3.8) is 0 Å². The van der Waals surface area contributed by atoms with Crippen molar-refractivity contribution in [3.8, 4) is 17.2 Å². The van der Waals surface area contributed by atoms with E-state index in [9.17, 15) is 0 Å². The molecular formula is C19H16N2S. The molecule has 3 rings (SSSR count). The fourth-order valence-electron chi connectivity index (χ4n) is 2.45. The fraction of sp³-hybridized carbons (Fsp3) is 0.158. The number of thioether (sulfide) groups is 1. The average molecular weight is 304 g/mol. The largest absolute Gasteiger partial charge is 0.241 e. The van der Waals surface area contributed by atoms with E-state index in [4.69, 9.17) is 10.2 Å². The lowest BCUT2D eigenvalue weighted by Crippen LogP contribution is -1.90. The average Bonchev–Trinajstić information content (AvgIpc) is 2.55. The fourth-order valence-corrected chi connectivity index (χ4v) is 3.21. The van der Waals surface area contributed by atoms with Crippen molar-refractivity contribution in [2.24, 2.45) is 0 Å². The monoisotopic (exact) mass is 304 g/mol. The van der Waals surface area contributed by atoms with Gasteiger partial charge in [0.25, 0.3) is 0 Å². The predicted molar refractivity (Wildman–Crippen MR) is 92.9 cm³/mol. The zero-order chi connectivity index (χ0) is 15.4. The Morgan fingerprint density at radius 3 is 2.68 bits per heavy atom. The highest BCUT2D eigenvalue weighted by Crippen LogP contribution is 2.32. The van der Waals surface area contributed by atoms with Crippen LogP contribution in [0.4, 0.5) is 0 Å². The third-order valence-corrected chi connectivity index (χ3v) is 4.40. The number of hydrogen-bond acceptors (Lipinski definition) is 3. The van der Waals surface area contributed by atoms with Crippen molar-refractivity contribution >= 4 is 22.7 Å². The van der Waals surface area contributed by atoms with Crippen molar-refractivity contribution in [1.29, 1.82) is 5.26 Å². The second-order valence-corrected chi connectivity index (χ2v) is 6.27. The maximum absolute atomic E-state index is 8.70. The van der Waals surface area contributed by atoms with Gasteiger partial charge in [-0.15, -0.1) is 11.8 Å². The van der Waals surface area contributed by atoms with Crippen LogP contribution in [0.15, 0.2) is 59.6 Å². The molecule has 3 aromatic rings. The molecule has 0 radical (unpaired) electrons. The zero-order valence-electron chi connectivity index (χ0n) is 12.4. The summed E-state index contributed by atoms with van der Waals surface area (Å²) >= 11 is 1.64. The summed E-state index contributed by atoms with van der Waals surface area (Å²) in [5.74, 6) is 0.773. The lowest BCUT2D eigenvalue weighted by atomic mass is 10.0. The molecule has 108 valence electrons. The summed E-state index contributed by atoms with van der Waals surface area (Å²) in [4.78, 5) is 4.73. The number of nitriles is 1. The van der Waals surface area contributed by atoms with Gasteiger partial charge in [0.2, 0.25) is 0 Å². The van der Waals surface area contributed by atoms with Gasteiger partial charge in [-0.2, -0.15) is 5.26 Å². The first kappa shape index (κ1) is 14.6. The van der Waals surface area contributed by atoms with Crippen LogP contribution < -0.4 is 0 Å². The molecule has 0 saturated heterocycles. The van der Waals surface area contributed by atoms with Crippen LogP contribution in [-0.2, 0) is 0 Å². The van der Waals surface area contributed by atoms with Crippen LogP contribution >= 0.6 is 11.8 Å². The van der Waals surface area contributed by atoms with E-state index in [-0.39, 0.29) is 0 Å². The number of pyridine rings is 1. The van der Waals surface area contributed by atoms with Crippen molar-refractivity contribution in [3.05, 3.63) is 60.2 Å². The molecule has 0 saturated carbocycles. The van der Waals surface area contributed by atoms with E-state index in [1.165, 1.54) is 22.1 Å². The second-order valence-electron chi connectivity index (χ2n) is 5.15. The molecule has 0 atom stereocenters. The predicted octanol–water partition coefficient (Wildman–Crippen LogP) is 5.22. The topological polar surface area (TPSA) is 36.7 Å². The molecule has 2 aromatic carbocycles. The Balaban J connectivity index is 2.14. The number of aromatic nitrogens is 1. The maximum Gasteiger partial charge on any atom is 0.0974 e. The normalized spacial score (nSPS) is 10.5. The molecule has 0 amide bonds. The van der Waals surface area contributed by atoms with Crippen LogP contribution in [0.1, 0.15) is 12.0 Å². The number of benzene rings is 2. The van der Waals surface area contributed by atoms with Crippen molar-refractivity contribution in [2.45, 2.75) is 18.4 Å². The first-order valence-corrected chi connectivity index (χ1v) is 8.23. The van der Waals surface area contributed by atoms with E-state index in [1.54, 1.807) is 11.8 Å². The standard InChI is InChI=1S/C19H16N2S/c1-14-8-9-18-17(12-14)16(15-6-3-2-4-7-15)13-19(21-18)22-11-5-10-20/h2-4,6-9,12-13H,5,11H2,1H3. The summed E-state index contributed by atoms with van der Waals surface area (Å²) < 4.78 is 0. The first-order chi connectivity index (χ1) is 10.8. The summed E-state index contributed by atoms with van der Waals surface area (Å²) in [5.41, 5.74) is 4.64. The van der Waals surface area contributed by atoms with Gasteiger partial charge in [0.1, 0.15) is 0 Å². The van der Waals surface area contributed by atoms with Crippen LogP contribution in [0.2, 0.25) is 0 Å². The Labute approximate surface area is 134 Å². The summed E-state index contributed by atoms with van der Waals surface area (Å²) in [6.45, 7) is 2.10. The third-order valence-electron chi connectivity index (χ3n) is 3.49. The minimum absolute atomic E-state index is 0.541. The highest BCUT2D eigenvalue weighted by atomic mass is 32.2. The number of rotatable bonds is 4. The van der Waals surface area contributed by atoms with Gasteiger partial charge >= 0.3 is 0 Å². The van der Waals surface area contributed by atoms with Crippen LogP contribution in [-0.4, -0.2) is 10.7 Å². The van der Waals surface area contributed by atoms with Gasteiger partial charge in [-0.25, -0.2) is 4.98 Å². The highest BCUT2D eigenvalue weighted by molar-refractivity contribution is 7.99. The van der Waals surface area contributed by atoms with Crippen molar-refractivity contribution < 1.29 is 0 Å². The van der Waals surface area contributed by atoms with Gasteiger partial charge in [0.05, 0.1) is 16.6 Å². The van der Waals surface area contributed by atoms with Gasteiger partial charge in [-0.05, 0) is 36.2 Å². The molecule has 0 N–H and O–H groups in total. The van der Waals surface area contributed by atoms with Crippen LogP contribution in [0, 0.1) is 18.3 Å². The quantitative estimate of drug-likeness (QED) is 0.490. The van der Waals surface area contributed by atoms with Crippen molar-refractivity contribution in [2.75, 3.05) is 5.75 Å². The Morgan fingerprint density at radius 1 is 1.09 bits per heavy atom. The molecule has 0 unspecified atom stereocenters. The maximum atomic E-state index is 8.70. The molecule has 0 aliphatic heterocycles. The molecule has 1 heterocycles. The smallest absolute Gasteiger partial charge is 0.0974 e. The first-order valence-electron chi connectivity index (χ1n) is 7.24. The molecule has 22 heavy (non-hydrogen) atoms. The zero-order valence-corrected chi connectivity index (χ0v) is 13.2. The molecule has 3 heteroatoms. The number of fused-ring (bicyclic) bond motifs is 1. The van der Waals surface area contributed by atoms with Crippen molar-refractivity contribution in [1.82, 2.24) is 4.98 Å². The third kappa shape index (κ3) is 3.13. The molecule has 1 aromatic heterocycles. The van der Waals surface area contributed by atoms with Gasteiger partial charge in [0, 0.05) is 17.6 Å². The van der Waals surface area contributed by atoms with Crippen LogP contribution in [0.3, 0.4) is 0 Å². The minimum Gasteiger partial charge on any atom is -0.241 e. The Hall–Kier alpha value is -2.31. The summed E-state index contributed by atoms with van der Waals surface area (Å²) in [6.07, 6.45) is 0.541. The Bertz CT molecular complexity index is 835. The lowest BCUT2D eigenvalue weighted by Gasteiger charge is -2.10. The van der Waals surface area contributed by atoms with E-state index in [0.29, 0.717) is 6.42 Å². The van der Waals surface area contributed by atoms with Gasteiger partial charge < -0.3 is 0 Å². The SMILES string of the molecule is Cc1ccc2nc(SCCC#N)cc(-c3ccccc3)c2c1. The van der Waals surface area contributed by atoms with Gasteiger partial charge in [-0.3, -0.25) is 0 Å². The van der Waals surface area contributed by atoms with E-state index in [0.717, 1.165) is 16.3 Å². The van der Waals surface area contributed by atoms with Crippen LogP contribution in [0.5, 0.6) is 0 Å². The minimum atomic E-state index is 0.541. The van der Waals surface area contributed by atoms with E-state index < -0.39 is 0 Å². The van der Waals surface area contributed by atoms with Gasteiger partial charge in [-0.1, -0.05) is 42.0 Å².